The van der Waals surface area contributed by atoms with Crippen LogP contribution in [0.4, 0.5) is 0 Å². The summed E-state index contributed by atoms with van der Waals surface area (Å²) in [6.45, 7) is 13.7. The Kier molecular flexibility index (Phi) is 3.64. The average molecular weight is 288 g/mol. The summed E-state index contributed by atoms with van der Waals surface area (Å²) in [4.78, 5) is 0. The van der Waals surface area contributed by atoms with Crippen molar-refractivity contribution >= 4 is 0 Å². The molecule has 21 heavy (non-hydrogen) atoms. The van der Waals surface area contributed by atoms with Gasteiger partial charge in [-0.3, -0.25) is 0 Å². The molecule has 0 aromatic rings. The number of hydrogen-bond donors (Lipinski definition) is 1. The van der Waals surface area contributed by atoms with E-state index >= 15 is 0 Å². The minimum absolute atomic E-state index is 0.284. The highest BCUT2D eigenvalue weighted by Gasteiger charge is 2.46. The minimum Gasteiger partial charge on any atom is -0.390 e. The van der Waals surface area contributed by atoms with Crippen molar-refractivity contribution in [3.63, 3.8) is 0 Å². The third-order valence-electron chi connectivity index (χ3n) is 6.84. The van der Waals surface area contributed by atoms with Crippen LogP contribution in [0, 0.1) is 29.1 Å². The second kappa shape index (κ2) is 4.98. The molecule has 0 aliphatic heterocycles. The van der Waals surface area contributed by atoms with Crippen molar-refractivity contribution in [1.29, 1.82) is 0 Å². The zero-order chi connectivity index (χ0) is 15.4. The van der Waals surface area contributed by atoms with Crippen LogP contribution < -0.4 is 0 Å². The van der Waals surface area contributed by atoms with Crippen molar-refractivity contribution < 1.29 is 5.11 Å². The first-order chi connectivity index (χ1) is 9.71. The SMILES string of the molecule is C=C1CCC2CC(=CC3C1CCC3(C)O)C(C)(C)CC2C. The zero-order valence-electron chi connectivity index (χ0n) is 14.3. The summed E-state index contributed by atoms with van der Waals surface area (Å²) >= 11 is 0. The predicted octanol–water partition coefficient (Wildman–Crippen LogP) is 5.11. The molecule has 2 fully saturated rings. The summed E-state index contributed by atoms with van der Waals surface area (Å²) in [6, 6.07) is 0. The Morgan fingerprint density at radius 3 is 2.67 bits per heavy atom. The molecule has 0 aromatic carbocycles. The largest absolute Gasteiger partial charge is 0.390 e. The van der Waals surface area contributed by atoms with Gasteiger partial charge in [-0.1, -0.05) is 44.6 Å². The fraction of sp³-hybridized carbons (Fsp3) is 0.800. The van der Waals surface area contributed by atoms with Crippen LogP contribution in [-0.2, 0) is 0 Å². The predicted molar refractivity (Wildman–Crippen MR) is 89.0 cm³/mol. The standard InChI is InChI=1S/C20H32O/c1-13-6-7-15-10-16(19(3,4)12-14(15)2)11-18-17(13)8-9-20(18,5)21/h11,14-15,17-18,21H,1,6-10,12H2,2-5H3. The Hall–Kier alpha value is -0.560. The Bertz CT molecular complexity index is 468. The van der Waals surface area contributed by atoms with E-state index in [1.807, 2.05) is 6.92 Å². The Labute approximate surface area is 130 Å². The molecule has 1 heteroatoms. The first-order valence-electron chi connectivity index (χ1n) is 8.82. The highest BCUT2D eigenvalue weighted by Crippen LogP contribution is 2.53. The van der Waals surface area contributed by atoms with Crippen LogP contribution >= 0.6 is 0 Å². The molecule has 5 unspecified atom stereocenters. The Morgan fingerprint density at radius 1 is 1.24 bits per heavy atom. The van der Waals surface area contributed by atoms with Gasteiger partial charge >= 0.3 is 0 Å². The van der Waals surface area contributed by atoms with E-state index in [2.05, 4.69) is 33.4 Å². The number of aliphatic hydroxyl groups is 1. The fourth-order valence-electron chi connectivity index (χ4n) is 5.30. The first kappa shape index (κ1) is 15.3. The van der Waals surface area contributed by atoms with Gasteiger partial charge in [-0.2, -0.15) is 0 Å². The molecule has 1 nitrogen and oxygen atoms in total. The smallest absolute Gasteiger partial charge is 0.0688 e. The normalized spacial score (nSPS) is 46.1. The van der Waals surface area contributed by atoms with E-state index in [1.165, 1.54) is 24.8 Å². The zero-order valence-corrected chi connectivity index (χ0v) is 14.3. The lowest BCUT2D eigenvalue weighted by molar-refractivity contribution is 0.0321. The summed E-state index contributed by atoms with van der Waals surface area (Å²) in [5.41, 5.74) is 2.76. The van der Waals surface area contributed by atoms with Crippen LogP contribution in [0.3, 0.4) is 0 Å². The maximum absolute atomic E-state index is 10.8. The monoisotopic (exact) mass is 288 g/mol. The molecule has 1 N–H and O–H groups in total. The van der Waals surface area contributed by atoms with Gasteiger partial charge in [0.25, 0.3) is 0 Å². The van der Waals surface area contributed by atoms with Crippen LogP contribution in [0.1, 0.15) is 66.2 Å². The first-order valence-corrected chi connectivity index (χ1v) is 8.82. The van der Waals surface area contributed by atoms with Gasteiger partial charge in [0.2, 0.25) is 0 Å². The van der Waals surface area contributed by atoms with Gasteiger partial charge in [-0.05, 0) is 68.6 Å². The summed E-state index contributed by atoms with van der Waals surface area (Å²) in [5, 5.41) is 10.8. The quantitative estimate of drug-likeness (QED) is 0.614. The number of fused-ring (bicyclic) bond motifs is 3. The highest BCUT2D eigenvalue weighted by atomic mass is 16.3. The van der Waals surface area contributed by atoms with E-state index in [0.29, 0.717) is 11.3 Å². The van der Waals surface area contributed by atoms with Crippen molar-refractivity contribution in [3.05, 3.63) is 23.8 Å². The number of allylic oxidation sites excluding steroid dienone is 2. The van der Waals surface area contributed by atoms with Gasteiger partial charge in [0.15, 0.2) is 0 Å². The maximum Gasteiger partial charge on any atom is 0.0688 e. The molecule has 3 aliphatic rings. The van der Waals surface area contributed by atoms with E-state index in [-0.39, 0.29) is 5.92 Å². The molecule has 3 aliphatic carbocycles. The van der Waals surface area contributed by atoms with Gasteiger partial charge in [0.05, 0.1) is 5.60 Å². The minimum atomic E-state index is -0.542. The van der Waals surface area contributed by atoms with Crippen molar-refractivity contribution in [3.8, 4) is 0 Å². The second-order valence-corrected chi connectivity index (χ2v) is 8.95. The van der Waals surface area contributed by atoms with Crippen LogP contribution in [-0.4, -0.2) is 10.7 Å². The van der Waals surface area contributed by atoms with E-state index in [0.717, 1.165) is 31.1 Å². The lowest BCUT2D eigenvalue weighted by atomic mass is 9.63. The third kappa shape index (κ3) is 2.63. The van der Waals surface area contributed by atoms with E-state index < -0.39 is 5.60 Å². The molecule has 3 rings (SSSR count). The lowest BCUT2D eigenvalue weighted by Crippen LogP contribution is -2.34. The van der Waals surface area contributed by atoms with E-state index in [4.69, 9.17) is 0 Å². The average Bonchev–Trinajstić information content (AvgIpc) is 2.68. The van der Waals surface area contributed by atoms with Gasteiger partial charge < -0.3 is 5.11 Å². The number of rotatable bonds is 0. The highest BCUT2D eigenvalue weighted by molar-refractivity contribution is 5.25. The molecule has 118 valence electrons. The summed E-state index contributed by atoms with van der Waals surface area (Å²) in [5.74, 6) is 2.40. The van der Waals surface area contributed by atoms with Gasteiger partial charge in [0, 0.05) is 5.92 Å². The Morgan fingerprint density at radius 2 is 1.95 bits per heavy atom. The molecule has 0 spiro atoms. The van der Waals surface area contributed by atoms with Gasteiger partial charge in [0.1, 0.15) is 0 Å². The molecule has 0 saturated heterocycles. The molecule has 0 heterocycles. The summed E-state index contributed by atoms with van der Waals surface area (Å²) in [7, 11) is 0. The summed E-state index contributed by atoms with van der Waals surface area (Å²) in [6.07, 6.45) is 9.49. The van der Waals surface area contributed by atoms with Crippen molar-refractivity contribution in [2.24, 2.45) is 29.1 Å². The molecular formula is C20H32O. The molecule has 0 aromatic heterocycles. The molecule has 0 amide bonds. The van der Waals surface area contributed by atoms with Crippen LogP contribution in [0.5, 0.6) is 0 Å². The molecule has 2 saturated carbocycles. The van der Waals surface area contributed by atoms with Gasteiger partial charge in [-0.15, -0.1) is 0 Å². The maximum atomic E-state index is 10.8. The van der Waals surface area contributed by atoms with Crippen LogP contribution in [0.2, 0.25) is 0 Å². The topological polar surface area (TPSA) is 20.2 Å². The van der Waals surface area contributed by atoms with Gasteiger partial charge in [-0.25, -0.2) is 0 Å². The van der Waals surface area contributed by atoms with Crippen LogP contribution in [0.25, 0.3) is 0 Å². The van der Waals surface area contributed by atoms with Crippen molar-refractivity contribution in [1.82, 2.24) is 0 Å². The van der Waals surface area contributed by atoms with Crippen LogP contribution in [0.15, 0.2) is 23.8 Å². The molecule has 0 radical (unpaired) electrons. The summed E-state index contributed by atoms with van der Waals surface area (Å²) < 4.78 is 0. The van der Waals surface area contributed by atoms with E-state index in [1.54, 1.807) is 5.57 Å². The van der Waals surface area contributed by atoms with Crippen molar-refractivity contribution in [2.75, 3.05) is 0 Å². The second-order valence-electron chi connectivity index (χ2n) is 8.95. The molecular weight excluding hydrogens is 256 g/mol. The Balaban J connectivity index is 2.03. The fourth-order valence-corrected chi connectivity index (χ4v) is 5.30. The lowest BCUT2D eigenvalue weighted by Gasteiger charge is -2.42. The van der Waals surface area contributed by atoms with Crippen molar-refractivity contribution in [2.45, 2.75) is 71.8 Å². The third-order valence-corrected chi connectivity index (χ3v) is 6.84. The number of hydrogen-bond acceptors (Lipinski definition) is 1. The molecule has 2 bridgehead atoms. The molecule has 5 atom stereocenters. The van der Waals surface area contributed by atoms with E-state index in [9.17, 15) is 5.11 Å².